The Kier molecular flexibility index (Phi) is 6.26. The van der Waals surface area contributed by atoms with Gasteiger partial charge in [-0.15, -0.1) is 0 Å². The molecule has 0 aliphatic heterocycles. The number of nitrogens with zero attached hydrogens (tertiary/aromatic N) is 1. The van der Waals surface area contributed by atoms with E-state index in [0.29, 0.717) is 5.11 Å². The van der Waals surface area contributed by atoms with Gasteiger partial charge in [-0.05, 0) is 67.0 Å². The van der Waals surface area contributed by atoms with Crippen LogP contribution in [0.25, 0.3) is 10.9 Å². The molecule has 0 saturated carbocycles. The SMILES string of the molecule is COc1ccc(NC(=S)NCCCc2ccc(Cl)cc2)c2cccnc12. The van der Waals surface area contributed by atoms with E-state index in [2.05, 4.69) is 27.8 Å². The summed E-state index contributed by atoms with van der Waals surface area (Å²) in [6, 6.07) is 15.7. The lowest BCUT2D eigenvalue weighted by atomic mass is 10.1. The monoisotopic (exact) mass is 385 g/mol. The van der Waals surface area contributed by atoms with Gasteiger partial charge in [0.1, 0.15) is 11.3 Å². The average Bonchev–Trinajstić information content (AvgIpc) is 2.67. The van der Waals surface area contributed by atoms with Crippen LogP contribution in [0, 0.1) is 0 Å². The summed E-state index contributed by atoms with van der Waals surface area (Å²) in [5.74, 6) is 0.744. The van der Waals surface area contributed by atoms with Crippen LogP contribution in [-0.4, -0.2) is 23.8 Å². The van der Waals surface area contributed by atoms with Crippen LogP contribution < -0.4 is 15.4 Å². The van der Waals surface area contributed by atoms with E-state index >= 15 is 0 Å². The number of anilines is 1. The predicted octanol–water partition coefficient (Wildman–Crippen LogP) is 4.82. The first kappa shape index (κ1) is 18.4. The fourth-order valence-corrected chi connectivity index (χ4v) is 3.07. The minimum atomic E-state index is 0.594. The summed E-state index contributed by atoms with van der Waals surface area (Å²) in [5.41, 5.74) is 2.98. The summed E-state index contributed by atoms with van der Waals surface area (Å²) < 4.78 is 5.37. The molecule has 0 atom stereocenters. The molecule has 26 heavy (non-hydrogen) atoms. The van der Waals surface area contributed by atoms with Crippen LogP contribution in [0.3, 0.4) is 0 Å². The Labute approximate surface area is 163 Å². The number of aromatic nitrogens is 1. The molecule has 0 radical (unpaired) electrons. The standard InChI is InChI=1S/C20H20ClN3OS/c1-25-18-11-10-17(16-5-3-12-22-19(16)18)24-20(26)23-13-2-4-14-6-8-15(21)9-7-14/h3,5-12H,2,4,13H2,1H3,(H2,23,24,26). The molecule has 1 heterocycles. The van der Waals surface area contributed by atoms with Crippen LogP contribution in [0.5, 0.6) is 5.75 Å². The molecule has 0 aliphatic carbocycles. The van der Waals surface area contributed by atoms with Gasteiger partial charge < -0.3 is 15.4 Å². The maximum Gasteiger partial charge on any atom is 0.170 e. The van der Waals surface area contributed by atoms with Gasteiger partial charge in [-0.2, -0.15) is 0 Å². The topological polar surface area (TPSA) is 46.2 Å². The molecule has 0 unspecified atom stereocenters. The Morgan fingerprint density at radius 2 is 1.96 bits per heavy atom. The number of halogens is 1. The molecular weight excluding hydrogens is 366 g/mol. The molecule has 3 aromatic rings. The molecule has 2 N–H and O–H groups in total. The number of ether oxygens (including phenoxy) is 1. The lowest BCUT2D eigenvalue weighted by molar-refractivity contribution is 0.419. The second-order valence-electron chi connectivity index (χ2n) is 5.83. The van der Waals surface area contributed by atoms with Gasteiger partial charge in [-0.25, -0.2) is 0 Å². The first-order valence-corrected chi connectivity index (χ1v) is 9.17. The number of hydrogen-bond donors (Lipinski definition) is 2. The fourth-order valence-electron chi connectivity index (χ4n) is 2.73. The highest BCUT2D eigenvalue weighted by Gasteiger charge is 2.08. The summed E-state index contributed by atoms with van der Waals surface area (Å²) in [6.07, 6.45) is 3.71. The zero-order valence-corrected chi connectivity index (χ0v) is 16.0. The lowest BCUT2D eigenvalue weighted by Crippen LogP contribution is -2.29. The predicted molar refractivity (Wildman–Crippen MR) is 112 cm³/mol. The van der Waals surface area contributed by atoms with Gasteiger partial charge in [0.25, 0.3) is 0 Å². The molecule has 0 fully saturated rings. The summed E-state index contributed by atoms with van der Waals surface area (Å²) in [5, 5.41) is 8.82. The third-order valence-electron chi connectivity index (χ3n) is 4.04. The van der Waals surface area contributed by atoms with Crippen molar-refractivity contribution in [2.24, 2.45) is 0 Å². The van der Waals surface area contributed by atoms with Crippen LogP contribution >= 0.6 is 23.8 Å². The molecule has 0 aliphatic rings. The largest absolute Gasteiger partial charge is 0.494 e. The Bertz CT molecular complexity index is 899. The highest BCUT2D eigenvalue weighted by Crippen LogP contribution is 2.29. The number of pyridine rings is 1. The maximum absolute atomic E-state index is 5.90. The van der Waals surface area contributed by atoms with E-state index in [9.17, 15) is 0 Å². The van der Waals surface area contributed by atoms with Gasteiger partial charge in [-0.3, -0.25) is 4.98 Å². The molecule has 0 bridgehead atoms. The van der Waals surface area contributed by atoms with Crippen molar-refractivity contribution >= 4 is 45.5 Å². The van der Waals surface area contributed by atoms with Crippen molar-refractivity contribution in [3.05, 3.63) is 65.3 Å². The molecular formula is C20H20ClN3OS. The molecule has 0 spiro atoms. The number of rotatable bonds is 6. The Morgan fingerprint density at radius 1 is 1.15 bits per heavy atom. The lowest BCUT2D eigenvalue weighted by Gasteiger charge is -2.13. The quantitative estimate of drug-likeness (QED) is 0.470. The third kappa shape index (κ3) is 4.62. The van der Waals surface area contributed by atoms with E-state index in [1.807, 2.05) is 36.4 Å². The Balaban J connectivity index is 1.55. The van der Waals surface area contributed by atoms with E-state index in [4.69, 9.17) is 28.6 Å². The minimum absolute atomic E-state index is 0.594. The second-order valence-corrected chi connectivity index (χ2v) is 6.67. The van der Waals surface area contributed by atoms with Gasteiger partial charge in [0, 0.05) is 28.8 Å². The Hall–Kier alpha value is -2.37. The molecule has 2 aromatic carbocycles. The highest BCUT2D eigenvalue weighted by atomic mass is 35.5. The number of benzene rings is 2. The van der Waals surface area contributed by atoms with E-state index in [-0.39, 0.29) is 0 Å². The van der Waals surface area contributed by atoms with Crippen molar-refractivity contribution in [3.63, 3.8) is 0 Å². The number of nitrogens with one attached hydrogen (secondary N) is 2. The van der Waals surface area contributed by atoms with Gasteiger partial charge in [-0.1, -0.05) is 23.7 Å². The smallest absolute Gasteiger partial charge is 0.170 e. The summed E-state index contributed by atoms with van der Waals surface area (Å²) in [4.78, 5) is 4.40. The third-order valence-corrected chi connectivity index (χ3v) is 4.54. The molecule has 0 amide bonds. The molecule has 134 valence electrons. The van der Waals surface area contributed by atoms with Crippen LogP contribution in [-0.2, 0) is 6.42 Å². The van der Waals surface area contributed by atoms with E-state index < -0.39 is 0 Å². The molecule has 1 aromatic heterocycles. The van der Waals surface area contributed by atoms with Gasteiger partial charge in [0.15, 0.2) is 5.11 Å². The molecule has 3 rings (SSSR count). The van der Waals surface area contributed by atoms with E-state index in [0.717, 1.165) is 46.7 Å². The van der Waals surface area contributed by atoms with Gasteiger partial charge in [0.2, 0.25) is 0 Å². The zero-order chi connectivity index (χ0) is 18.4. The van der Waals surface area contributed by atoms with Crippen molar-refractivity contribution < 1.29 is 4.74 Å². The van der Waals surface area contributed by atoms with Crippen molar-refractivity contribution in [1.29, 1.82) is 0 Å². The van der Waals surface area contributed by atoms with Gasteiger partial charge >= 0.3 is 0 Å². The minimum Gasteiger partial charge on any atom is -0.494 e. The second kappa shape index (κ2) is 8.83. The van der Waals surface area contributed by atoms with Gasteiger partial charge in [0.05, 0.1) is 7.11 Å². The first-order chi connectivity index (χ1) is 12.7. The highest BCUT2D eigenvalue weighted by molar-refractivity contribution is 7.80. The summed E-state index contributed by atoms with van der Waals surface area (Å²) >= 11 is 11.3. The van der Waals surface area contributed by atoms with E-state index in [1.165, 1.54) is 5.56 Å². The van der Waals surface area contributed by atoms with Crippen LogP contribution in [0.1, 0.15) is 12.0 Å². The van der Waals surface area contributed by atoms with Crippen LogP contribution in [0.15, 0.2) is 54.7 Å². The number of fused-ring (bicyclic) bond motifs is 1. The molecule has 6 heteroatoms. The average molecular weight is 386 g/mol. The fraction of sp³-hybridized carbons (Fsp3) is 0.200. The normalized spacial score (nSPS) is 10.5. The van der Waals surface area contributed by atoms with Crippen LogP contribution in [0.4, 0.5) is 5.69 Å². The van der Waals surface area contributed by atoms with Crippen molar-refractivity contribution in [2.75, 3.05) is 19.0 Å². The summed E-state index contributed by atoms with van der Waals surface area (Å²) in [6.45, 7) is 0.792. The van der Waals surface area contributed by atoms with Crippen molar-refractivity contribution in [3.8, 4) is 5.75 Å². The molecule has 0 saturated heterocycles. The number of aryl methyl sites for hydroxylation is 1. The number of thiocarbonyl (C=S) groups is 1. The zero-order valence-electron chi connectivity index (χ0n) is 14.5. The van der Waals surface area contributed by atoms with E-state index in [1.54, 1.807) is 13.3 Å². The number of methoxy groups -OCH3 is 1. The van der Waals surface area contributed by atoms with Crippen molar-refractivity contribution in [1.82, 2.24) is 10.3 Å². The first-order valence-electron chi connectivity index (χ1n) is 8.38. The Morgan fingerprint density at radius 3 is 2.73 bits per heavy atom. The summed E-state index contributed by atoms with van der Waals surface area (Å²) in [7, 11) is 1.64. The maximum atomic E-state index is 5.90. The number of hydrogen-bond acceptors (Lipinski definition) is 3. The van der Waals surface area contributed by atoms with Crippen molar-refractivity contribution in [2.45, 2.75) is 12.8 Å². The van der Waals surface area contributed by atoms with Crippen LogP contribution in [0.2, 0.25) is 5.02 Å². The molecule has 4 nitrogen and oxygen atoms in total.